The van der Waals surface area contributed by atoms with Gasteiger partial charge < -0.3 is 10.4 Å². The molecule has 2 N–H and O–H groups in total. The van der Waals surface area contributed by atoms with Gasteiger partial charge in [0.05, 0.1) is 0 Å². The number of hydrogen-bond acceptors (Lipinski definition) is 2. The van der Waals surface area contributed by atoms with Crippen LogP contribution in [0.4, 0.5) is 13.2 Å². The summed E-state index contributed by atoms with van der Waals surface area (Å²) in [6.45, 7) is -0.0375. The fraction of sp³-hybridized carbons (Fsp3) is 0.909. The lowest BCUT2D eigenvalue weighted by molar-refractivity contribution is -0.176. The standard InChI is InChI=1S/C11H16F3NO2/c12-11(13,14)10(17)15-9-5-6-3-7(4-6)8(9)1-2-16/h6-9,16H,1-5H2,(H,15,17)/t6?,7?,8-,9-/m0/s1. The second-order valence-corrected chi connectivity index (χ2v) is 5.09. The van der Waals surface area contributed by atoms with Gasteiger partial charge in [-0.1, -0.05) is 0 Å². The van der Waals surface area contributed by atoms with Gasteiger partial charge in [0.2, 0.25) is 0 Å². The smallest absolute Gasteiger partial charge is 0.396 e. The molecule has 3 rings (SSSR count). The number of nitrogens with one attached hydrogen (secondary N) is 1. The SMILES string of the molecule is O=C(N[C@H]1CC2CC(C2)[C@@H]1CCO)C(F)(F)F. The van der Waals surface area contributed by atoms with Crippen molar-refractivity contribution < 1.29 is 23.1 Å². The average molecular weight is 251 g/mol. The molecule has 98 valence electrons. The Kier molecular flexibility index (Phi) is 3.34. The van der Waals surface area contributed by atoms with Gasteiger partial charge in [-0.25, -0.2) is 0 Å². The molecule has 2 atom stereocenters. The van der Waals surface area contributed by atoms with E-state index in [0.29, 0.717) is 24.7 Å². The number of aliphatic hydroxyl groups excluding tert-OH is 1. The summed E-state index contributed by atoms with van der Waals surface area (Å²) in [4.78, 5) is 10.9. The monoisotopic (exact) mass is 251 g/mol. The largest absolute Gasteiger partial charge is 0.471 e. The van der Waals surface area contributed by atoms with E-state index in [4.69, 9.17) is 5.11 Å². The van der Waals surface area contributed by atoms with Gasteiger partial charge >= 0.3 is 12.1 Å². The summed E-state index contributed by atoms with van der Waals surface area (Å²) in [6, 6.07) is -0.422. The maximum absolute atomic E-state index is 12.2. The van der Waals surface area contributed by atoms with Gasteiger partial charge in [-0.3, -0.25) is 4.79 Å². The zero-order chi connectivity index (χ0) is 12.6. The lowest BCUT2D eigenvalue weighted by atomic mass is 9.57. The molecule has 0 aliphatic heterocycles. The maximum atomic E-state index is 12.2. The summed E-state index contributed by atoms with van der Waals surface area (Å²) in [5, 5.41) is 11.0. The molecule has 3 fully saturated rings. The molecule has 0 aromatic rings. The minimum Gasteiger partial charge on any atom is -0.396 e. The molecule has 0 radical (unpaired) electrons. The average Bonchev–Trinajstić information content (AvgIpc) is 2.17. The van der Waals surface area contributed by atoms with E-state index < -0.39 is 18.1 Å². The number of carbonyl (C=O) groups excluding carboxylic acids is 1. The van der Waals surface area contributed by atoms with Crippen molar-refractivity contribution in [3.63, 3.8) is 0 Å². The van der Waals surface area contributed by atoms with Crippen LogP contribution in [0.2, 0.25) is 0 Å². The highest BCUT2D eigenvalue weighted by atomic mass is 19.4. The molecule has 3 saturated carbocycles. The van der Waals surface area contributed by atoms with Gasteiger partial charge in [-0.15, -0.1) is 0 Å². The van der Waals surface area contributed by atoms with Crippen molar-refractivity contribution >= 4 is 5.91 Å². The van der Waals surface area contributed by atoms with E-state index in [-0.39, 0.29) is 12.5 Å². The molecule has 0 spiro atoms. The molecule has 3 nitrogen and oxygen atoms in total. The Labute approximate surface area is 97.4 Å². The highest BCUT2D eigenvalue weighted by Crippen LogP contribution is 2.50. The van der Waals surface area contributed by atoms with Crippen molar-refractivity contribution in [3.05, 3.63) is 0 Å². The molecule has 0 aromatic carbocycles. The molecule has 0 aromatic heterocycles. The summed E-state index contributed by atoms with van der Waals surface area (Å²) in [7, 11) is 0. The summed E-state index contributed by atoms with van der Waals surface area (Å²) >= 11 is 0. The predicted octanol–water partition coefficient (Wildman–Crippen LogP) is 1.46. The van der Waals surface area contributed by atoms with Crippen LogP contribution < -0.4 is 5.32 Å². The molecule has 6 heteroatoms. The molecule has 3 aliphatic carbocycles. The van der Waals surface area contributed by atoms with Gasteiger partial charge in [0, 0.05) is 12.6 Å². The second-order valence-electron chi connectivity index (χ2n) is 5.09. The van der Waals surface area contributed by atoms with Crippen LogP contribution in [0.3, 0.4) is 0 Å². The van der Waals surface area contributed by atoms with Crippen LogP contribution in [-0.2, 0) is 4.79 Å². The molecule has 0 unspecified atom stereocenters. The molecule has 2 bridgehead atoms. The van der Waals surface area contributed by atoms with Crippen LogP contribution in [0, 0.1) is 17.8 Å². The van der Waals surface area contributed by atoms with E-state index >= 15 is 0 Å². The van der Waals surface area contributed by atoms with Crippen LogP contribution in [0.1, 0.15) is 25.7 Å². The molecule has 0 saturated heterocycles. The van der Waals surface area contributed by atoms with Crippen LogP contribution >= 0.6 is 0 Å². The van der Waals surface area contributed by atoms with Crippen molar-refractivity contribution in [2.75, 3.05) is 6.61 Å². The van der Waals surface area contributed by atoms with Crippen molar-refractivity contribution in [2.45, 2.75) is 37.9 Å². The molecule has 0 heterocycles. The van der Waals surface area contributed by atoms with E-state index in [1.807, 2.05) is 0 Å². The number of halogens is 3. The molecule has 17 heavy (non-hydrogen) atoms. The minimum absolute atomic E-state index is 0.00343. The van der Waals surface area contributed by atoms with Gasteiger partial charge in [0.1, 0.15) is 0 Å². The summed E-state index contributed by atoms with van der Waals surface area (Å²) in [5.41, 5.74) is 0. The summed E-state index contributed by atoms with van der Waals surface area (Å²) in [5.74, 6) is -1.03. The lowest BCUT2D eigenvalue weighted by Gasteiger charge is -2.51. The van der Waals surface area contributed by atoms with Crippen LogP contribution in [0.5, 0.6) is 0 Å². The minimum atomic E-state index is -4.81. The number of alkyl halides is 3. The molecular formula is C11H16F3NO2. The maximum Gasteiger partial charge on any atom is 0.471 e. The topological polar surface area (TPSA) is 49.3 Å². The van der Waals surface area contributed by atoms with Gasteiger partial charge in [-0.2, -0.15) is 13.2 Å². The van der Waals surface area contributed by atoms with E-state index in [9.17, 15) is 18.0 Å². The first-order valence-corrected chi connectivity index (χ1v) is 5.90. The van der Waals surface area contributed by atoms with Crippen LogP contribution in [-0.4, -0.2) is 29.8 Å². The zero-order valence-electron chi connectivity index (χ0n) is 9.33. The van der Waals surface area contributed by atoms with Crippen molar-refractivity contribution in [3.8, 4) is 0 Å². The zero-order valence-corrected chi connectivity index (χ0v) is 9.33. The van der Waals surface area contributed by atoms with E-state index in [1.54, 1.807) is 0 Å². The van der Waals surface area contributed by atoms with Crippen molar-refractivity contribution in [1.82, 2.24) is 5.32 Å². The number of rotatable bonds is 3. The Bertz CT molecular complexity index is 300. The van der Waals surface area contributed by atoms with E-state index in [2.05, 4.69) is 5.32 Å². The van der Waals surface area contributed by atoms with Gasteiger partial charge in [-0.05, 0) is 43.4 Å². The first-order chi connectivity index (χ1) is 7.91. The van der Waals surface area contributed by atoms with E-state index in [0.717, 1.165) is 12.8 Å². The first-order valence-electron chi connectivity index (χ1n) is 5.90. The second kappa shape index (κ2) is 4.48. The Morgan fingerprint density at radius 1 is 1.29 bits per heavy atom. The first kappa shape index (κ1) is 12.7. The number of hydrogen-bond donors (Lipinski definition) is 2. The molecule has 3 aliphatic rings. The Morgan fingerprint density at radius 3 is 2.47 bits per heavy atom. The third-order valence-corrected chi connectivity index (χ3v) is 4.02. The normalized spacial score (nSPS) is 36.2. The van der Waals surface area contributed by atoms with Gasteiger partial charge in [0.15, 0.2) is 0 Å². The van der Waals surface area contributed by atoms with Crippen molar-refractivity contribution in [1.29, 1.82) is 0 Å². The Morgan fingerprint density at radius 2 is 1.94 bits per heavy atom. The fourth-order valence-electron chi connectivity index (χ4n) is 3.19. The Balaban J connectivity index is 1.96. The number of carbonyl (C=O) groups is 1. The number of aliphatic hydroxyl groups is 1. The molecule has 1 amide bonds. The lowest BCUT2D eigenvalue weighted by Crippen LogP contribution is -2.55. The highest BCUT2D eigenvalue weighted by molar-refractivity contribution is 5.82. The summed E-state index contributed by atoms with van der Waals surface area (Å²) in [6.07, 6.45) is -1.67. The van der Waals surface area contributed by atoms with Gasteiger partial charge in [0.25, 0.3) is 0 Å². The number of fused-ring (bicyclic) bond motifs is 2. The highest BCUT2D eigenvalue weighted by Gasteiger charge is 2.48. The number of amides is 1. The van der Waals surface area contributed by atoms with Crippen molar-refractivity contribution in [2.24, 2.45) is 17.8 Å². The third kappa shape index (κ3) is 2.56. The summed E-state index contributed by atoms with van der Waals surface area (Å²) < 4.78 is 36.5. The molecular weight excluding hydrogens is 235 g/mol. The van der Waals surface area contributed by atoms with Crippen LogP contribution in [0.25, 0.3) is 0 Å². The van der Waals surface area contributed by atoms with E-state index in [1.165, 1.54) is 0 Å². The Hall–Kier alpha value is -0.780. The third-order valence-electron chi connectivity index (χ3n) is 4.02. The fourth-order valence-corrected chi connectivity index (χ4v) is 3.19. The quantitative estimate of drug-likeness (QED) is 0.797. The van der Waals surface area contributed by atoms with Crippen LogP contribution in [0.15, 0.2) is 0 Å². The predicted molar refractivity (Wildman–Crippen MR) is 54.0 cm³/mol.